The summed E-state index contributed by atoms with van der Waals surface area (Å²) < 4.78 is 23.6. The highest BCUT2D eigenvalue weighted by atomic mass is 19.1. The zero-order valence-electron chi connectivity index (χ0n) is 12.8. The standard InChI is InChI=1S/C17H17FN2O3/c1-22-13-8-3-10(9-14(13)23-2)16-15(19)17(21)20(16)12-6-4-11(18)5-7-12/h3-9,15-16H,19H2,1-2H3/t15-,16+/m1/s1. The largest absolute Gasteiger partial charge is 0.493 e. The van der Waals surface area contributed by atoms with Crippen LogP contribution in [0.3, 0.4) is 0 Å². The Bertz CT molecular complexity index is 733. The fourth-order valence-electron chi connectivity index (χ4n) is 2.79. The molecule has 1 aliphatic heterocycles. The summed E-state index contributed by atoms with van der Waals surface area (Å²) in [6.45, 7) is 0. The van der Waals surface area contributed by atoms with E-state index in [2.05, 4.69) is 0 Å². The van der Waals surface area contributed by atoms with E-state index >= 15 is 0 Å². The predicted molar refractivity (Wildman–Crippen MR) is 84.1 cm³/mol. The van der Waals surface area contributed by atoms with Crippen LogP contribution in [0.1, 0.15) is 11.6 Å². The van der Waals surface area contributed by atoms with E-state index in [-0.39, 0.29) is 17.8 Å². The minimum absolute atomic E-state index is 0.198. The molecule has 0 spiro atoms. The number of benzene rings is 2. The van der Waals surface area contributed by atoms with Crippen molar-refractivity contribution in [2.75, 3.05) is 19.1 Å². The van der Waals surface area contributed by atoms with E-state index in [1.807, 2.05) is 6.07 Å². The SMILES string of the molecule is COc1ccc([C@H]2[C@@H](N)C(=O)N2c2ccc(F)cc2)cc1OC. The molecule has 0 aliphatic carbocycles. The molecule has 2 aromatic carbocycles. The molecule has 2 N–H and O–H groups in total. The molecule has 0 radical (unpaired) electrons. The van der Waals surface area contributed by atoms with Crippen molar-refractivity contribution in [1.29, 1.82) is 0 Å². The number of β-lactam (4-membered cyclic amide) rings is 1. The monoisotopic (exact) mass is 316 g/mol. The van der Waals surface area contributed by atoms with Crippen LogP contribution >= 0.6 is 0 Å². The molecule has 1 amide bonds. The molecule has 0 aromatic heterocycles. The van der Waals surface area contributed by atoms with Crippen molar-refractivity contribution in [2.45, 2.75) is 12.1 Å². The molecule has 23 heavy (non-hydrogen) atoms. The van der Waals surface area contributed by atoms with Crippen LogP contribution in [0, 0.1) is 5.82 Å². The van der Waals surface area contributed by atoms with Gasteiger partial charge in [-0.15, -0.1) is 0 Å². The Morgan fingerprint density at radius 2 is 1.70 bits per heavy atom. The van der Waals surface area contributed by atoms with Gasteiger partial charge in [0.25, 0.3) is 0 Å². The lowest BCUT2D eigenvalue weighted by Crippen LogP contribution is -2.63. The summed E-state index contributed by atoms with van der Waals surface area (Å²) in [6.07, 6.45) is 0. The predicted octanol–water partition coefficient (Wildman–Crippen LogP) is 2.26. The van der Waals surface area contributed by atoms with Crippen LogP contribution in [0.4, 0.5) is 10.1 Å². The van der Waals surface area contributed by atoms with Crippen molar-refractivity contribution < 1.29 is 18.7 Å². The highest BCUT2D eigenvalue weighted by Gasteiger charge is 2.46. The molecule has 1 fully saturated rings. The van der Waals surface area contributed by atoms with E-state index in [0.29, 0.717) is 17.2 Å². The topological polar surface area (TPSA) is 64.8 Å². The maximum atomic E-state index is 13.1. The lowest BCUT2D eigenvalue weighted by molar-refractivity contribution is -0.126. The Morgan fingerprint density at radius 1 is 1.04 bits per heavy atom. The zero-order valence-corrected chi connectivity index (χ0v) is 12.8. The van der Waals surface area contributed by atoms with Crippen molar-refractivity contribution in [3.8, 4) is 11.5 Å². The molecule has 1 saturated heterocycles. The van der Waals surface area contributed by atoms with E-state index in [1.54, 1.807) is 43.4 Å². The van der Waals surface area contributed by atoms with Gasteiger partial charge in [-0.2, -0.15) is 0 Å². The van der Waals surface area contributed by atoms with Gasteiger partial charge in [0.15, 0.2) is 11.5 Å². The van der Waals surface area contributed by atoms with Gasteiger partial charge in [-0.25, -0.2) is 4.39 Å². The van der Waals surface area contributed by atoms with E-state index in [0.717, 1.165) is 5.56 Å². The van der Waals surface area contributed by atoms with Crippen molar-refractivity contribution >= 4 is 11.6 Å². The number of methoxy groups -OCH3 is 2. The van der Waals surface area contributed by atoms with Crippen LogP contribution in [0.5, 0.6) is 11.5 Å². The molecule has 1 aliphatic rings. The third kappa shape index (κ3) is 2.51. The average Bonchev–Trinajstić information content (AvgIpc) is 2.59. The normalized spacial score (nSPS) is 20.2. The van der Waals surface area contributed by atoms with Gasteiger partial charge in [-0.05, 0) is 42.0 Å². The molecule has 1 heterocycles. The van der Waals surface area contributed by atoms with E-state index in [4.69, 9.17) is 15.2 Å². The highest BCUT2D eigenvalue weighted by molar-refractivity contribution is 6.05. The Hall–Kier alpha value is -2.60. The van der Waals surface area contributed by atoms with Crippen LogP contribution in [-0.2, 0) is 4.79 Å². The van der Waals surface area contributed by atoms with Crippen LogP contribution in [0.2, 0.25) is 0 Å². The summed E-state index contributed by atoms with van der Waals surface area (Å²) in [7, 11) is 3.10. The lowest BCUT2D eigenvalue weighted by atomic mass is 9.88. The first-order valence-electron chi connectivity index (χ1n) is 7.13. The van der Waals surface area contributed by atoms with Crippen LogP contribution in [0.25, 0.3) is 0 Å². The summed E-state index contributed by atoms with van der Waals surface area (Å²) >= 11 is 0. The smallest absolute Gasteiger partial charge is 0.247 e. The van der Waals surface area contributed by atoms with Gasteiger partial charge < -0.3 is 20.1 Å². The summed E-state index contributed by atoms with van der Waals surface area (Å²) in [6, 6.07) is 10.2. The summed E-state index contributed by atoms with van der Waals surface area (Å²) in [5, 5.41) is 0. The van der Waals surface area contributed by atoms with Gasteiger partial charge in [0.1, 0.15) is 11.9 Å². The second-order valence-electron chi connectivity index (χ2n) is 5.27. The van der Waals surface area contributed by atoms with Gasteiger partial charge >= 0.3 is 0 Å². The quantitative estimate of drug-likeness (QED) is 0.879. The first kappa shape index (κ1) is 15.3. The maximum absolute atomic E-state index is 13.1. The second kappa shape index (κ2) is 5.89. The fourth-order valence-corrected chi connectivity index (χ4v) is 2.79. The van der Waals surface area contributed by atoms with Gasteiger partial charge in [0.2, 0.25) is 5.91 Å². The number of nitrogens with two attached hydrogens (primary N) is 1. The van der Waals surface area contributed by atoms with Gasteiger partial charge in [0, 0.05) is 5.69 Å². The molecule has 0 unspecified atom stereocenters. The number of carbonyl (C=O) groups excluding carboxylic acids is 1. The summed E-state index contributed by atoms with van der Waals surface area (Å²) in [4.78, 5) is 13.7. The van der Waals surface area contributed by atoms with Gasteiger partial charge in [0.05, 0.1) is 20.3 Å². The average molecular weight is 316 g/mol. The first-order valence-corrected chi connectivity index (χ1v) is 7.13. The van der Waals surface area contributed by atoms with Crippen LogP contribution in [0.15, 0.2) is 42.5 Å². The van der Waals surface area contributed by atoms with E-state index in [9.17, 15) is 9.18 Å². The van der Waals surface area contributed by atoms with E-state index < -0.39 is 6.04 Å². The third-order valence-corrected chi connectivity index (χ3v) is 3.99. The minimum atomic E-state index is -0.641. The van der Waals surface area contributed by atoms with Crippen LogP contribution in [-0.4, -0.2) is 26.2 Å². The Balaban J connectivity index is 1.97. The Kier molecular flexibility index (Phi) is 3.92. The molecule has 6 heteroatoms. The number of ether oxygens (including phenoxy) is 2. The number of nitrogens with zero attached hydrogens (tertiary/aromatic N) is 1. The zero-order chi connectivity index (χ0) is 16.6. The molecule has 0 bridgehead atoms. The van der Waals surface area contributed by atoms with Crippen molar-refractivity contribution in [3.05, 3.63) is 53.8 Å². The molecule has 0 saturated carbocycles. The molecule has 2 atom stereocenters. The molecular weight excluding hydrogens is 299 g/mol. The molecule has 120 valence electrons. The Labute approximate surface area is 133 Å². The number of amides is 1. The lowest BCUT2D eigenvalue weighted by Gasteiger charge is -2.45. The number of anilines is 1. The van der Waals surface area contributed by atoms with Crippen molar-refractivity contribution in [1.82, 2.24) is 0 Å². The van der Waals surface area contributed by atoms with Crippen LogP contribution < -0.4 is 20.1 Å². The molecular formula is C17H17FN2O3. The number of hydrogen-bond donors (Lipinski definition) is 1. The van der Waals surface area contributed by atoms with E-state index in [1.165, 1.54) is 12.1 Å². The maximum Gasteiger partial charge on any atom is 0.247 e. The summed E-state index contributed by atoms with van der Waals surface area (Å²) in [5.41, 5.74) is 7.42. The second-order valence-corrected chi connectivity index (χ2v) is 5.27. The summed E-state index contributed by atoms with van der Waals surface area (Å²) in [5.74, 6) is 0.615. The number of hydrogen-bond acceptors (Lipinski definition) is 4. The first-order chi connectivity index (χ1) is 11.1. The number of halogens is 1. The van der Waals surface area contributed by atoms with Crippen molar-refractivity contribution in [3.63, 3.8) is 0 Å². The molecule has 3 rings (SSSR count). The van der Waals surface area contributed by atoms with Gasteiger partial charge in [-0.3, -0.25) is 4.79 Å². The van der Waals surface area contributed by atoms with Crippen molar-refractivity contribution in [2.24, 2.45) is 5.73 Å². The molecule has 2 aromatic rings. The third-order valence-electron chi connectivity index (χ3n) is 3.99. The molecule has 5 nitrogen and oxygen atoms in total. The minimum Gasteiger partial charge on any atom is -0.493 e. The fraction of sp³-hybridized carbons (Fsp3) is 0.235. The van der Waals surface area contributed by atoms with Gasteiger partial charge in [-0.1, -0.05) is 6.07 Å². The number of carbonyl (C=O) groups is 1. The number of rotatable bonds is 4. The Morgan fingerprint density at radius 3 is 2.30 bits per heavy atom. The highest BCUT2D eigenvalue weighted by Crippen LogP contribution is 2.40.